The number of rotatable bonds is 7. The highest BCUT2D eigenvalue weighted by Gasteiger charge is 2.19. The van der Waals surface area contributed by atoms with Gasteiger partial charge in [-0.1, -0.05) is 58.0 Å². The van der Waals surface area contributed by atoms with Gasteiger partial charge in [-0.3, -0.25) is 0 Å². The van der Waals surface area contributed by atoms with E-state index in [1.807, 2.05) is 6.07 Å². The van der Waals surface area contributed by atoms with Crippen molar-refractivity contribution in [3.05, 3.63) is 35.9 Å². The van der Waals surface area contributed by atoms with Crippen LogP contribution >= 0.6 is 0 Å². The van der Waals surface area contributed by atoms with Crippen LogP contribution in [0.15, 0.2) is 30.3 Å². The second-order valence-corrected chi connectivity index (χ2v) is 5.79. The van der Waals surface area contributed by atoms with Crippen LogP contribution in [0.2, 0.25) is 0 Å². The van der Waals surface area contributed by atoms with Crippen molar-refractivity contribution in [2.75, 3.05) is 6.61 Å². The van der Waals surface area contributed by atoms with Gasteiger partial charge in [-0.15, -0.1) is 0 Å². The van der Waals surface area contributed by atoms with E-state index < -0.39 is 0 Å². The van der Waals surface area contributed by atoms with Crippen molar-refractivity contribution in [3.8, 4) is 0 Å². The molecule has 2 N–H and O–H groups in total. The van der Waals surface area contributed by atoms with Crippen molar-refractivity contribution in [2.24, 2.45) is 11.8 Å². The van der Waals surface area contributed by atoms with Crippen molar-refractivity contribution in [3.63, 3.8) is 0 Å². The predicted octanol–water partition coefficient (Wildman–Crippen LogP) is 3.38. The highest BCUT2D eigenvalue weighted by Crippen LogP contribution is 2.22. The van der Waals surface area contributed by atoms with Crippen molar-refractivity contribution >= 4 is 0 Å². The molecule has 18 heavy (non-hydrogen) atoms. The minimum atomic E-state index is 0.161. The van der Waals surface area contributed by atoms with Gasteiger partial charge < -0.3 is 10.4 Å². The third kappa shape index (κ3) is 4.79. The van der Waals surface area contributed by atoms with Gasteiger partial charge in [0.25, 0.3) is 0 Å². The number of hydrogen-bond donors (Lipinski definition) is 2. The van der Waals surface area contributed by atoms with E-state index in [2.05, 4.69) is 57.3 Å². The Bertz CT molecular complexity index is 321. The molecule has 2 heteroatoms. The molecule has 0 saturated heterocycles. The first-order chi connectivity index (χ1) is 8.54. The molecule has 0 aliphatic rings. The van der Waals surface area contributed by atoms with Gasteiger partial charge in [0.2, 0.25) is 0 Å². The second kappa shape index (κ2) is 7.55. The molecule has 0 aliphatic heterocycles. The van der Waals surface area contributed by atoms with Gasteiger partial charge in [0.1, 0.15) is 0 Å². The molecule has 102 valence electrons. The van der Waals surface area contributed by atoms with Crippen molar-refractivity contribution < 1.29 is 5.11 Å². The van der Waals surface area contributed by atoms with E-state index in [0.29, 0.717) is 17.9 Å². The fourth-order valence-electron chi connectivity index (χ4n) is 2.17. The summed E-state index contributed by atoms with van der Waals surface area (Å²) in [4.78, 5) is 0. The van der Waals surface area contributed by atoms with Crippen LogP contribution in [0.3, 0.4) is 0 Å². The Morgan fingerprint density at radius 1 is 1.06 bits per heavy atom. The molecule has 1 aromatic carbocycles. The summed E-state index contributed by atoms with van der Waals surface area (Å²) >= 11 is 0. The summed E-state index contributed by atoms with van der Waals surface area (Å²) in [5.41, 5.74) is 1.31. The van der Waals surface area contributed by atoms with Crippen molar-refractivity contribution in [1.29, 1.82) is 0 Å². The lowest BCUT2D eigenvalue weighted by atomic mass is 9.94. The fourth-order valence-corrected chi connectivity index (χ4v) is 2.17. The molecule has 0 fully saturated rings. The first-order valence-corrected chi connectivity index (χ1v) is 6.96. The zero-order chi connectivity index (χ0) is 13.5. The standard InChI is InChI=1S/C16H27NO/c1-12(2)10-15(14-8-6-5-7-9-14)17-16(11-18)13(3)4/h5-9,12-13,15-18H,10-11H2,1-4H3/t15?,16-/m1/s1. The van der Waals surface area contributed by atoms with Gasteiger partial charge in [-0.05, 0) is 23.8 Å². The van der Waals surface area contributed by atoms with Crippen LogP contribution in [0.1, 0.15) is 45.7 Å². The molecule has 2 atom stereocenters. The van der Waals surface area contributed by atoms with Crippen molar-refractivity contribution in [2.45, 2.75) is 46.2 Å². The van der Waals surface area contributed by atoms with Gasteiger partial charge in [-0.25, -0.2) is 0 Å². The lowest BCUT2D eigenvalue weighted by molar-refractivity contribution is 0.193. The summed E-state index contributed by atoms with van der Waals surface area (Å²) in [5.74, 6) is 1.07. The molecule has 0 radical (unpaired) electrons. The Kier molecular flexibility index (Phi) is 6.37. The van der Waals surface area contributed by atoms with E-state index in [-0.39, 0.29) is 12.6 Å². The Morgan fingerprint density at radius 3 is 2.11 bits per heavy atom. The number of aliphatic hydroxyl groups excluding tert-OH is 1. The molecule has 0 spiro atoms. The predicted molar refractivity (Wildman–Crippen MR) is 77.5 cm³/mol. The Hall–Kier alpha value is -0.860. The molecular weight excluding hydrogens is 222 g/mol. The molecule has 1 unspecified atom stereocenters. The molecule has 2 nitrogen and oxygen atoms in total. The quantitative estimate of drug-likeness (QED) is 0.776. The van der Waals surface area contributed by atoms with Gasteiger partial charge >= 0.3 is 0 Å². The monoisotopic (exact) mass is 249 g/mol. The summed E-state index contributed by atoms with van der Waals surface area (Å²) in [6, 6.07) is 11.0. The maximum absolute atomic E-state index is 9.46. The van der Waals surface area contributed by atoms with E-state index in [9.17, 15) is 5.11 Å². The van der Waals surface area contributed by atoms with Gasteiger partial charge in [0, 0.05) is 12.1 Å². The van der Waals surface area contributed by atoms with Crippen LogP contribution in [0, 0.1) is 11.8 Å². The van der Waals surface area contributed by atoms with Crippen LogP contribution in [0.5, 0.6) is 0 Å². The topological polar surface area (TPSA) is 32.3 Å². The molecule has 0 aliphatic carbocycles. The van der Waals surface area contributed by atoms with E-state index in [0.717, 1.165) is 6.42 Å². The van der Waals surface area contributed by atoms with Gasteiger partial charge in [-0.2, -0.15) is 0 Å². The fraction of sp³-hybridized carbons (Fsp3) is 0.625. The minimum Gasteiger partial charge on any atom is -0.395 e. The zero-order valence-corrected chi connectivity index (χ0v) is 12.1. The number of benzene rings is 1. The third-order valence-electron chi connectivity index (χ3n) is 3.33. The van der Waals surface area contributed by atoms with Crippen LogP contribution in [0.4, 0.5) is 0 Å². The third-order valence-corrected chi connectivity index (χ3v) is 3.33. The lowest BCUT2D eigenvalue weighted by Crippen LogP contribution is -2.40. The minimum absolute atomic E-state index is 0.161. The number of nitrogens with one attached hydrogen (secondary N) is 1. The Balaban J connectivity index is 2.79. The number of hydrogen-bond acceptors (Lipinski definition) is 2. The summed E-state index contributed by atoms with van der Waals surface area (Å²) in [7, 11) is 0. The Labute approximate surface area is 111 Å². The summed E-state index contributed by atoms with van der Waals surface area (Å²) in [5, 5.41) is 13.1. The van der Waals surface area contributed by atoms with E-state index in [1.165, 1.54) is 5.56 Å². The molecule has 0 bridgehead atoms. The average Bonchev–Trinajstić information content (AvgIpc) is 2.34. The normalized spacial score (nSPS) is 15.1. The molecule has 0 amide bonds. The van der Waals surface area contributed by atoms with Crippen molar-refractivity contribution in [1.82, 2.24) is 5.32 Å². The SMILES string of the molecule is CC(C)CC(N[C@H](CO)C(C)C)c1ccccc1. The highest BCUT2D eigenvalue weighted by atomic mass is 16.3. The maximum atomic E-state index is 9.46. The van der Waals surface area contributed by atoms with Gasteiger partial charge in [0.15, 0.2) is 0 Å². The van der Waals surface area contributed by atoms with Gasteiger partial charge in [0.05, 0.1) is 6.61 Å². The molecule has 1 aromatic rings. The average molecular weight is 249 g/mol. The maximum Gasteiger partial charge on any atom is 0.0587 e. The molecule has 0 aromatic heterocycles. The largest absolute Gasteiger partial charge is 0.395 e. The summed E-state index contributed by atoms with van der Waals surface area (Å²) in [6.07, 6.45) is 1.09. The van der Waals surface area contributed by atoms with E-state index in [1.54, 1.807) is 0 Å². The Morgan fingerprint density at radius 2 is 1.67 bits per heavy atom. The second-order valence-electron chi connectivity index (χ2n) is 5.79. The van der Waals surface area contributed by atoms with Crippen LogP contribution in [-0.2, 0) is 0 Å². The summed E-state index contributed by atoms with van der Waals surface area (Å²) in [6.45, 7) is 8.96. The van der Waals surface area contributed by atoms with Crippen LogP contribution in [-0.4, -0.2) is 17.8 Å². The van der Waals surface area contributed by atoms with Crippen LogP contribution < -0.4 is 5.32 Å². The van der Waals surface area contributed by atoms with E-state index in [4.69, 9.17) is 0 Å². The first-order valence-electron chi connectivity index (χ1n) is 6.96. The molecule has 1 rings (SSSR count). The summed E-state index contributed by atoms with van der Waals surface area (Å²) < 4.78 is 0. The van der Waals surface area contributed by atoms with E-state index >= 15 is 0 Å². The first kappa shape index (κ1) is 15.2. The molecular formula is C16H27NO. The lowest BCUT2D eigenvalue weighted by Gasteiger charge is -2.28. The zero-order valence-electron chi connectivity index (χ0n) is 12.1. The van der Waals surface area contributed by atoms with Crippen LogP contribution in [0.25, 0.3) is 0 Å². The molecule has 0 saturated carbocycles. The smallest absolute Gasteiger partial charge is 0.0587 e. The number of aliphatic hydroxyl groups is 1. The highest BCUT2D eigenvalue weighted by molar-refractivity contribution is 5.19. The molecule has 0 heterocycles.